The molecular weight excluding hydrogens is 167 g/mol. The van der Waals surface area contributed by atoms with E-state index in [0.717, 1.165) is 13.1 Å². The smallest absolute Gasteiger partial charge is 0.376 e. The number of rotatable bonds is 2. The number of piperazine rings is 1. The van der Waals surface area contributed by atoms with Gasteiger partial charge in [-0.25, -0.2) is 0 Å². The van der Waals surface area contributed by atoms with E-state index in [1.54, 1.807) is 11.7 Å². The largest absolute Gasteiger partial charge is 0.437 e. The Bertz CT molecular complexity index is 200. The summed E-state index contributed by atoms with van der Waals surface area (Å²) < 4.78 is 0. The minimum atomic E-state index is -0.416. The Balaban J connectivity index is 2.38. The molecule has 0 unspecified atom stereocenters. The van der Waals surface area contributed by atoms with Crippen molar-refractivity contribution < 1.29 is 9.82 Å². The molecule has 0 aromatic heterocycles. The van der Waals surface area contributed by atoms with Crippen molar-refractivity contribution in [3.63, 3.8) is 0 Å². The molecular formula is C8H15BN2O2. The van der Waals surface area contributed by atoms with Gasteiger partial charge in [0, 0.05) is 26.2 Å². The molecule has 1 aliphatic rings. The number of hydrogen-bond donors (Lipinski definition) is 1. The summed E-state index contributed by atoms with van der Waals surface area (Å²) in [6.45, 7) is 8.00. The zero-order valence-electron chi connectivity index (χ0n) is 7.94. The number of carbonyl (C=O) groups is 1. The number of carbonyl (C=O) groups excluding carboxylic acids is 1. The van der Waals surface area contributed by atoms with Crippen LogP contribution in [0.3, 0.4) is 0 Å². The van der Waals surface area contributed by atoms with Gasteiger partial charge in [0.1, 0.15) is 0 Å². The average molecular weight is 182 g/mol. The van der Waals surface area contributed by atoms with Gasteiger partial charge in [-0.15, -0.1) is 0 Å². The van der Waals surface area contributed by atoms with Gasteiger partial charge in [-0.05, 0) is 12.9 Å². The normalized spacial score (nSPS) is 18.5. The molecule has 0 aromatic rings. The van der Waals surface area contributed by atoms with Crippen LogP contribution in [0.5, 0.6) is 0 Å². The Kier molecular flexibility index (Phi) is 3.51. The minimum absolute atomic E-state index is 0.0229. The molecule has 1 rings (SSSR count). The van der Waals surface area contributed by atoms with Crippen LogP contribution in [0.2, 0.25) is 6.82 Å². The van der Waals surface area contributed by atoms with Crippen LogP contribution in [0.15, 0.2) is 12.7 Å². The van der Waals surface area contributed by atoms with Crippen molar-refractivity contribution in [2.24, 2.45) is 0 Å². The van der Waals surface area contributed by atoms with Crippen molar-refractivity contribution in [2.75, 3.05) is 26.2 Å². The second kappa shape index (κ2) is 4.44. The molecule has 4 nitrogen and oxygen atoms in total. The molecule has 1 amide bonds. The Morgan fingerprint density at radius 1 is 1.46 bits per heavy atom. The molecule has 0 bridgehead atoms. The van der Waals surface area contributed by atoms with E-state index in [0.29, 0.717) is 13.1 Å². The fourth-order valence-electron chi connectivity index (χ4n) is 1.45. The van der Waals surface area contributed by atoms with E-state index in [1.165, 1.54) is 6.08 Å². The third kappa shape index (κ3) is 2.57. The van der Waals surface area contributed by atoms with E-state index in [2.05, 4.69) is 6.58 Å². The van der Waals surface area contributed by atoms with Crippen molar-refractivity contribution in [3.05, 3.63) is 12.7 Å². The first kappa shape index (κ1) is 10.3. The summed E-state index contributed by atoms with van der Waals surface area (Å²) >= 11 is 0. The standard InChI is InChI=1S/C8H15BN2O2/c1-3-8(12)10-4-6-11(7-5-10)9(2)13/h3,13H,1,4-7H2,2H3. The highest BCUT2D eigenvalue weighted by Crippen LogP contribution is 2.03. The molecule has 0 spiro atoms. The van der Waals surface area contributed by atoms with Gasteiger partial charge in [0.15, 0.2) is 0 Å². The lowest BCUT2D eigenvalue weighted by Crippen LogP contribution is -2.52. The van der Waals surface area contributed by atoms with Crippen molar-refractivity contribution in [3.8, 4) is 0 Å². The zero-order chi connectivity index (χ0) is 9.84. The van der Waals surface area contributed by atoms with Crippen molar-refractivity contribution in [1.82, 2.24) is 9.71 Å². The lowest BCUT2D eigenvalue weighted by molar-refractivity contribution is -0.127. The Labute approximate surface area is 79.0 Å². The molecule has 5 heteroatoms. The first-order valence-corrected chi connectivity index (χ1v) is 4.48. The topological polar surface area (TPSA) is 43.8 Å². The van der Waals surface area contributed by atoms with Gasteiger partial charge in [-0.3, -0.25) is 4.79 Å². The quantitative estimate of drug-likeness (QED) is 0.459. The summed E-state index contributed by atoms with van der Waals surface area (Å²) in [5.74, 6) is -0.0229. The van der Waals surface area contributed by atoms with Crippen LogP contribution in [-0.2, 0) is 4.79 Å². The summed E-state index contributed by atoms with van der Waals surface area (Å²) in [6, 6.07) is 0. The van der Waals surface area contributed by atoms with E-state index in [9.17, 15) is 9.82 Å². The van der Waals surface area contributed by atoms with E-state index in [-0.39, 0.29) is 5.91 Å². The number of nitrogens with zero attached hydrogens (tertiary/aromatic N) is 2. The van der Waals surface area contributed by atoms with Crippen molar-refractivity contribution in [1.29, 1.82) is 0 Å². The molecule has 0 aliphatic carbocycles. The van der Waals surface area contributed by atoms with E-state index in [1.807, 2.05) is 4.81 Å². The predicted octanol–water partition coefficient (Wildman–Crippen LogP) is -0.573. The third-order valence-electron chi connectivity index (χ3n) is 2.33. The molecule has 0 aromatic carbocycles. The molecule has 0 saturated carbocycles. The van der Waals surface area contributed by atoms with Gasteiger partial charge >= 0.3 is 7.05 Å². The molecule has 0 atom stereocenters. The number of amides is 1. The fraction of sp³-hybridized carbons (Fsp3) is 0.625. The Hall–Kier alpha value is -0.805. The second-order valence-corrected chi connectivity index (χ2v) is 3.20. The Morgan fingerprint density at radius 2 is 2.00 bits per heavy atom. The maximum absolute atomic E-state index is 11.2. The minimum Gasteiger partial charge on any atom is -0.437 e. The summed E-state index contributed by atoms with van der Waals surface area (Å²) in [5.41, 5.74) is 0. The van der Waals surface area contributed by atoms with Crippen LogP contribution >= 0.6 is 0 Å². The molecule has 0 radical (unpaired) electrons. The highest BCUT2D eigenvalue weighted by atomic mass is 16.2. The van der Waals surface area contributed by atoms with E-state index < -0.39 is 7.05 Å². The van der Waals surface area contributed by atoms with Gasteiger partial charge in [0.25, 0.3) is 0 Å². The van der Waals surface area contributed by atoms with Gasteiger partial charge in [-0.1, -0.05) is 6.58 Å². The molecule has 72 valence electrons. The lowest BCUT2D eigenvalue weighted by Gasteiger charge is -2.34. The molecule has 1 aliphatic heterocycles. The molecule has 1 saturated heterocycles. The summed E-state index contributed by atoms with van der Waals surface area (Å²) in [4.78, 5) is 14.8. The highest BCUT2D eigenvalue weighted by molar-refractivity contribution is 6.45. The average Bonchev–Trinajstić information content (AvgIpc) is 2.17. The van der Waals surface area contributed by atoms with E-state index >= 15 is 0 Å². The number of hydrogen-bond acceptors (Lipinski definition) is 3. The van der Waals surface area contributed by atoms with Crippen LogP contribution in [0.4, 0.5) is 0 Å². The van der Waals surface area contributed by atoms with Crippen LogP contribution < -0.4 is 0 Å². The zero-order valence-corrected chi connectivity index (χ0v) is 7.94. The van der Waals surface area contributed by atoms with Gasteiger partial charge in [-0.2, -0.15) is 0 Å². The van der Waals surface area contributed by atoms with Gasteiger partial charge in [0.05, 0.1) is 0 Å². The highest BCUT2D eigenvalue weighted by Gasteiger charge is 2.23. The van der Waals surface area contributed by atoms with Crippen molar-refractivity contribution >= 4 is 13.0 Å². The van der Waals surface area contributed by atoms with Crippen LogP contribution in [0, 0.1) is 0 Å². The molecule has 1 fully saturated rings. The predicted molar refractivity (Wildman–Crippen MR) is 52.2 cm³/mol. The lowest BCUT2D eigenvalue weighted by atomic mass is 9.84. The van der Waals surface area contributed by atoms with Gasteiger partial charge in [0.2, 0.25) is 5.91 Å². The molecule has 1 heterocycles. The first-order valence-electron chi connectivity index (χ1n) is 4.48. The summed E-state index contributed by atoms with van der Waals surface area (Å²) in [5, 5.41) is 9.26. The molecule has 1 N–H and O–H groups in total. The molecule has 13 heavy (non-hydrogen) atoms. The van der Waals surface area contributed by atoms with Crippen LogP contribution in [-0.4, -0.2) is 53.9 Å². The van der Waals surface area contributed by atoms with Crippen molar-refractivity contribution in [2.45, 2.75) is 6.82 Å². The first-order chi connectivity index (χ1) is 6.15. The van der Waals surface area contributed by atoms with Crippen LogP contribution in [0.1, 0.15) is 0 Å². The monoisotopic (exact) mass is 182 g/mol. The second-order valence-electron chi connectivity index (χ2n) is 3.20. The van der Waals surface area contributed by atoms with E-state index in [4.69, 9.17) is 0 Å². The maximum atomic E-state index is 11.2. The summed E-state index contributed by atoms with van der Waals surface area (Å²) in [6.07, 6.45) is 1.33. The SMILES string of the molecule is C=CC(=O)N1CCN(B(C)O)CC1. The van der Waals surface area contributed by atoms with Gasteiger partial charge < -0.3 is 14.7 Å². The summed E-state index contributed by atoms with van der Waals surface area (Å²) in [7, 11) is -0.416. The maximum Gasteiger partial charge on any atom is 0.376 e. The fourth-order valence-corrected chi connectivity index (χ4v) is 1.45. The van der Waals surface area contributed by atoms with Crippen LogP contribution in [0.25, 0.3) is 0 Å². The third-order valence-corrected chi connectivity index (χ3v) is 2.33. The Morgan fingerprint density at radius 3 is 2.38 bits per heavy atom.